The van der Waals surface area contributed by atoms with Gasteiger partial charge in [0.05, 0.1) is 0 Å². The molecule has 0 aliphatic heterocycles. The van der Waals surface area contributed by atoms with Gasteiger partial charge < -0.3 is 0 Å². The van der Waals surface area contributed by atoms with Gasteiger partial charge in [-0.25, -0.2) is 0 Å². The van der Waals surface area contributed by atoms with Crippen LogP contribution in [0.1, 0.15) is 0 Å². The van der Waals surface area contributed by atoms with Gasteiger partial charge in [-0.3, -0.25) is 11.7 Å². The van der Waals surface area contributed by atoms with Crippen molar-refractivity contribution in [2.24, 2.45) is 11.7 Å². The average Bonchev–Trinajstić information content (AvgIpc) is 2.74. The molecule has 0 spiro atoms. The molecule has 2 nitrogen and oxygen atoms in total. The Kier molecular flexibility index (Phi) is 4.36. The van der Waals surface area contributed by atoms with Crippen molar-refractivity contribution in [1.29, 1.82) is 0 Å². The van der Waals surface area contributed by atoms with Crippen molar-refractivity contribution < 1.29 is 0 Å². The van der Waals surface area contributed by atoms with Crippen LogP contribution in [0.5, 0.6) is 0 Å². The predicted octanol–water partition coefficient (Wildman–Crippen LogP) is 3.97. The summed E-state index contributed by atoms with van der Waals surface area (Å²) in [5.74, 6) is 8.00. The van der Waals surface area contributed by atoms with Crippen LogP contribution in [0, 0.1) is 41.7 Å². The quantitative estimate of drug-likeness (QED) is 0.332. The molecule has 0 heterocycles. The van der Waals surface area contributed by atoms with E-state index in [0.717, 1.165) is 0 Å². The molecular weight excluding hydrogens is 316 g/mol. The molecule has 5 rings (SSSR count). The lowest BCUT2D eigenvalue weighted by Crippen LogP contribution is -2.02. The first-order valence-electron chi connectivity index (χ1n) is 8.64. The number of hydrogen-bond donors (Lipinski definition) is 2. The second-order valence-corrected chi connectivity index (χ2v) is 6.18. The Balaban J connectivity index is 0.000000814. The third-order valence-electron chi connectivity index (χ3n) is 4.87. The molecule has 0 aromatic heterocycles. The molecule has 4 aromatic carbocycles. The first-order chi connectivity index (χ1) is 12.9. The van der Waals surface area contributed by atoms with E-state index < -0.39 is 0 Å². The van der Waals surface area contributed by atoms with Crippen LogP contribution in [0.2, 0.25) is 0 Å². The lowest BCUT2D eigenvalue weighted by Gasteiger charge is -2.02. The van der Waals surface area contributed by atoms with E-state index in [4.69, 9.17) is 0 Å². The summed E-state index contributed by atoms with van der Waals surface area (Å²) in [5.41, 5.74) is 0. The lowest BCUT2D eigenvalue weighted by molar-refractivity contribution is 1.26. The number of benzene rings is 4. The van der Waals surface area contributed by atoms with Crippen molar-refractivity contribution in [3.05, 3.63) is 139 Å². The molecule has 4 N–H and O–H groups in total. The first-order valence-corrected chi connectivity index (χ1v) is 8.64. The van der Waals surface area contributed by atoms with Crippen LogP contribution >= 0.6 is 0 Å². The summed E-state index contributed by atoms with van der Waals surface area (Å²) in [4.78, 5) is 0. The van der Waals surface area contributed by atoms with Gasteiger partial charge >= 0.3 is 0 Å². The van der Waals surface area contributed by atoms with Crippen molar-refractivity contribution in [2.45, 2.75) is 0 Å². The van der Waals surface area contributed by atoms with Gasteiger partial charge in [-0.2, -0.15) is 0 Å². The zero-order chi connectivity index (χ0) is 17.9. The van der Waals surface area contributed by atoms with E-state index in [-0.39, 0.29) is 0 Å². The molecule has 0 amide bonds. The van der Waals surface area contributed by atoms with Crippen molar-refractivity contribution in [1.82, 2.24) is 0 Å². The summed E-state index contributed by atoms with van der Waals surface area (Å²) < 4.78 is 0. The van der Waals surface area contributed by atoms with Gasteiger partial charge in [-0.15, -0.1) is 0 Å². The van der Waals surface area contributed by atoms with Crippen LogP contribution in [0.4, 0.5) is 0 Å². The van der Waals surface area contributed by atoms with Gasteiger partial charge in [0.1, 0.15) is 0 Å². The molecule has 2 heteroatoms. The van der Waals surface area contributed by atoms with Crippen LogP contribution in [0.25, 0.3) is 0 Å². The van der Waals surface area contributed by atoms with E-state index in [1.54, 1.807) is 0 Å². The van der Waals surface area contributed by atoms with Crippen LogP contribution in [0.15, 0.2) is 97.1 Å². The Hall–Kier alpha value is -3.20. The molecule has 126 valence electrons. The maximum Gasteiger partial charge on any atom is -0.00990 e. The van der Waals surface area contributed by atoms with Gasteiger partial charge in [0.2, 0.25) is 0 Å². The Labute approximate surface area is 150 Å². The highest BCUT2D eigenvalue weighted by Gasteiger charge is 1.98. The van der Waals surface area contributed by atoms with Crippen LogP contribution in [-0.2, 0) is 0 Å². The molecule has 0 fully saturated rings. The van der Waals surface area contributed by atoms with Gasteiger partial charge in [-0.05, 0) is 41.7 Å². The molecule has 0 bridgehead atoms. The zero-order valence-corrected chi connectivity index (χ0v) is 14.4. The third-order valence-corrected chi connectivity index (χ3v) is 4.87. The molecule has 1 aliphatic carbocycles. The van der Waals surface area contributed by atoms with Gasteiger partial charge in [0.15, 0.2) is 0 Å². The second-order valence-electron chi connectivity index (χ2n) is 6.18. The van der Waals surface area contributed by atoms with E-state index >= 15 is 0 Å². The minimum absolute atomic E-state index is 1.30. The fourth-order valence-corrected chi connectivity index (χ4v) is 3.81. The van der Waals surface area contributed by atoms with Crippen LogP contribution < -0.4 is 11.7 Å². The van der Waals surface area contributed by atoms with Crippen LogP contribution in [0.3, 0.4) is 0 Å². The Morgan fingerprint density at radius 1 is 0.269 bits per heavy atom. The minimum Gasteiger partial charge on any atom is -0.274 e. The van der Waals surface area contributed by atoms with Gasteiger partial charge in [-0.1, -0.05) is 97.1 Å². The monoisotopic (exact) mass is 336 g/mol. The summed E-state index contributed by atoms with van der Waals surface area (Å²) in [6.45, 7) is 0. The molecule has 26 heavy (non-hydrogen) atoms. The fraction of sp³-hybridized carbons (Fsp3) is 0. The van der Waals surface area contributed by atoms with Crippen molar-refractivity contribution in [3.63, 3.8) is 0 Å². The van der Waals surface area contributed by atoms with Crippen LogP contribution in [-0.4, -0.2) is 0 Å². The number of hydrazine groups is 1. The summed E-state index contributed by atoms with van der Waals surface area (Å²) in [5, 5.41) is 10.4. The number of fused-ring (bicyclic) bond motifs is 4. The normalized spacial score (nSPS) is 16.2. The summed E-state index contributed by atoms with van der Waals surface area (Å²) >= 11 is 0. The van der Waals surface area contributed by atoms with E-state index in [1.165, 1.54) is 41.7 Å². The number of hydrogen-bond acceptors (Lipinski definition) is 2. The maximum atomic E-state index is 4.00. The highest BCUT2D eigenvalue weighted by molar-refractivity contribution is 5.29. The predicted molar refractivity (Wildman–Crippen MR) is 105 cm³/mol. The van der Waals surface area contributed by atoms with E-state index in [2.05, 4.69) is 109 Å². The maximum absolute atomic E-state index is 4.00. The Bertz CT molecular complexity index is 1070. The molecule has 1 aliphatic rings. The Morgan fingerprint density at radius 3 is 0.500 bits per heavy atom. The molecule has 0 unspecified atom stereocenters. The molecule has 0 saturated heterocycles. The molecule has 0 radical (unpaired) electrons. The summed E-state index contributed by atoms with van der Waals surface area (Å²) in [7, 11) is 0. The zero-order valence-electron chi connectivity index (χ0n) is 14.4. The molecular formula is C24H20N2. The largest absolute Gasteiger partial charge is 0.274 e. The first kappa shape index (κ1) is 16.3. The Morgan fingerprint density at radius 2 is 0.385 bits per heavy atom. The SMILES string of the molecule is NN.c1ccc2/c(c1)=c1/cccc/c1=c1\cccc\c1=c1/cccc/c1=2. The number of rotatable bonds is 0. The smallest absolute Gasteiger partial charge is 0.00990 e. The molecule has 0 atom stereocenters. The van der Waals surface area contributed by atoms with E-state index in [1.807, 2.05) is 0 Å². The third kappa shape index (κ3) is 2.53. The van der Waals surface area contributed by atoms with Crippen molar-refractivity contribution >= 4 is 0 Å². The van der Waals surface area contributed by atoms with E-state index in [0.29, 0.717) is 0 Å². The fourth-order valence-electron chi connectivity index (χ4n) is 3.81. The second kappa shape index (κ2) is 6.96. The average molecular weight is 336 g/mol. The lowest BCUT2D eigenvalue weighted by atomic mass is 10.0. The standard InChI is InChI=1S/C24H16.H4N2/c1-2-10-18-17(9-1)19-11-3-4-13-21(19)23-15-7-8-16-24(23)22-14-6-5-12-20(18)22;1-2/h1-16H;1-2H2/b19-17-,20-18-,23-21-,24-22-;. The summed E-state index contributed by atoms with van der Waals surface area (Å²) in [6.07, 6.45) is 0. The number of nitrogens with two attached hydrogens (primary N) is 2. The van der Waals surface area contributed by atoms with E-state index in [9.17, 15) is 0 Å². The van der Waals surface area contributed by atoms with Crippen molar-refractivity contribution in [3.8, 4) is 0 Å². The summed E-state index contributed by atoms with van der Waals surface area (Å²) in [6, 6.07) is 34.9. The van der Waals surface area contributed by atoms with Gasteiger partial charge in [0.25, 0.3) is 0 Å². The highest BCUT2D eigenvalue weighted by Crippen LogP contribution is 2.12. The molecule has 4 aromatic rings. The highest BCUT2D eigenvalue weighted by atomic mass is 15.0. The van der Waals surface area contributed by atoms with Gasteiger partial charge in [0, 0.05) is 0 Å². The van der Waals surface area contributed by atoms with Crippen molar-refractivity contribution in [2.75, 3.05) is 0 Å². The topological polar surface area (TPSA) is 52.0 Å². The molecule has 0 saturated carbocycles. The minimum atomic E-state index is 1.30.